The summed E-state index contributed by atoms with van der Waals surface area (Å²) in [4.78, 5) is 0. The van der Waals surface area contributed by atoms with Crippen molar-refractivity contribution in [2.24, 2.45) is 0 Å². The molecule has 3 rings (SSSR count). The fourth-order valence-electron chi connectivity index (χ4n) is 4.38. The number of hydrogen-bond acceptors (Lipinski definition) is 3. The lowest BCUT2D eigenvalue weighted by Gasteiger charge is -2.43. The summed E-state index contributed by atoms with van der Waals surface area (Å²) in [6, 6.07) is 10.5. The molecule has 0 aliphatic heterocycles. The lowest BCUT2D eigenvalue weighted by molar-refractivity contribution is 0.299. The van der Waals surface area contributed by atoms with Crippen LogP contribution in [0.1, 0.15) is 68.4 Å². The topological polar surface area (TPSA) is 38.7 Å². The fraction of sp³-hybridized carbons (Fsp3) is 0.462. The smallest absolute Gasteiger partial charge is 0.133 e. The SMILES string of the molecule is COc1cc2c(c(OC)c1/C=C/c1ccc(CCO)cc1)C(C)(C)CCC2(C)C. The molecule has 2 aromatic rings. The molecule has 1 N–H and O–H groups in total. The third-order valence-corrected chi connectivity index (χ3v) is 6.31. The molecule has 2 aromatic carbocycles. The van der Waals surface area contributed by atoms with Crippen molar-refractivity contribution in [1.29, 1.82) is 0 Å². The van der Waals surface area contributed by atoms with Gasteiger partial charge < -0.3 is 14.6 Å². The molecule has 1 aliphatic rings. The first-order valence-electron chi connectivity index (χ1n) is 10.4. The molecule has 156 valence electrons. The Balaban J connectivity index is 2.11. The Bertz CT molecular complexity index is 889. The standard InChI is InChI=1S/C26H34O3/c1-25(2)14-15-26(3,4)23-21(25)17-22(28-5)20(24(23)29-6)12-11-18-7-9-19(10-8-18)13-16-27/h7-12,17,27H,13-16H2,1-6H3/b12-11+. The van der Waals surface area contributed by atoms with Crippen LogP contribution >= 0.6 is 0 Å². The van der Waals surface area contributed by atoms with Gasteiger partial charge in [-0.3, -0.25) is 0 Å². The van der Waals surface area contributed by atoms with Crippen molar-refractivity contribution < 1.29 is 14.6 Å². The van der Waals surface area contributed by atoms with Crippen LogP contribution in [0.3, 0.4) is 0 Å². The number of methoxy groups -OCH3 is 2. The Kier molecular flexibility index (Phi) is 6.09. The Morgan fingerprint density at radius 1 is 0.931 bits per heavy atom. The van der Waals surface area contributed by atoms with E-state index in [9.17, 15) is 0 Å². The van der Waals surface area contributed by atoms with Gasteiger partial charge in [0.2, 0.25) is 0 Å². The van der Waals surface area contributed by atoms with Gasteiger partial charge in [0.25, 0.3) is 0 Å². The monoisotopic (exact) mass is 394 g/mol. The van der Waals surface area contributed by atoms with Crippen LogP contribution < -0.4 is 9.47 Å². The second kappa shape index (κ2) is 8.23. The minimum atomic E-state index is 0.0526. The van der Waals surface area contributed by atoms with E-state index < -0.39 is 0 Å². The normalized spacial score (nSPS) is 17.2. The molecular formula is C26H34O3. The van der Waals surface area contributed by atoms with Crippen LogP contribution in [0.15, 0.2) is 30.3 Å². The van der Waals surface area contributed by atoms with Gasteiger partial charge in [0, 0.05) is 12.2 Å². The summed E-state index contributed by atoms with van der Waals surface area (Å²) in [5, 5.41) is 9.09. The maximum atomic E-state index is 9.09. The Morgan fingerprint density at radius 2 is 1.59 bits per heavy atom. The van der Waals surface area contributed by atoms with Gasteiger partial charge in [0.15, 0.2) is 0 Å². The third-order valence-electron chi connectivity index (χ3n) is 6.31. The van der Waals surface area contributed by atoms with E-state index in [4.69, 9.17) is 14.6 Å². The summed E-state index contributed by atoms with van der Waals surface area (Å²) in [5.41, 5.74) is 6.00. The van der Waals surface area contributed by atoms with Crippen LogP contribution in [0.4, 0.5) is 0 Å². The van der Waals surface area contributed by atoms with E-state index in [1.165, 1.54) is 11.1 Å². The van der Waals surface area contributed by atoms with E-state index in [1.54, 1.807) is 14.2 Å². The van der Waals surface area contributed by atoms with Crippen LogP contribution in [0.2, 0.25) is 0 Å². The number of rotatable bonds is 6. The molecule has 0 atom stereocenters. The first-order valence-corrected chi connectivity index (χ1v) is 10.4. The lowest BCUT2D eigenvalue weighted by Crippen LogP contribution is -2.34. The van der Waals surface area contributed by atoms with Crippen LogP contribution in [0, 0.1) is 0 Å². The highest BCUT2D eigenvalue weighted by Gasteiger charge is 2.40. The van der Waals surface area contributed by atoms with E-state index in [0.29, 0.717) is 6.42 Å². The van der Waals surface area contributed by atoms with Crippen molar-refractivity contribution in [1.82, 2.24) is 0 Å². The fourth-order valence-corrected chi connectivity index (χ4v) is 4.38. The van der Waals surface area contributed by atoms with Crippen LogP contribution in [0.5, 0.6) is 11.5 Å². The van der Waals surface area contributed by atoms with Crippen LogP contribution in [-0.4, -0.2) is 25.9 Å². The number of hydrogen-bond donors (Lipinski definition) is 1. The summed E-state index contributed by atoms with van der Waals surface area (Å²) < 4.78 is 11.8. The first kappa shape index (κ1) is 21.4. The zero-order valence-corrected chi connectivity index (χ0v) is 18.6. The van der Waals surface area contributed by atoms with E-state index in [-0.39, 0.29) is 17.4 Å². The molecule has 1 aliphatic carbocycles. The van der Waals surface area contributed by atoms with Crippen molar-refractivity contribution >= 4 is 12.2 Å². The summed E-state index contributed by atoms with van der Waals surface area (Å²) in [5.74, 6) is 1.77. The average molecular weight is 395 g/mol. The van der Waals surface area contributed by atoms with Crippen molar-refractivity contribution in [3.05, 3.63) is 58.1 Å². The first-order chi connectivity index (χ1) is 13.7. The van der Waals surface area contributed by atoms with Gasteiger partial charge in [-0.25, -0.2) is 0 Å². The molecule has 0 aromatic heterocycles. The molecule has 0 saturated carbocycles. The Labute approximate surface area is 175 Å². The van der Waals surface area contributed by atoms with Gasteiger partial charge in [-0.1, -0.05) is 58.0 Å². The maximum Gasteiger partial charge on any atom is 0.133 e. The van der Waals surface area contributed by atoms with Gasteiger partial charge in [-0.2, -0.15) is 0 Å². The van der Waals surface area contributed by atoms with Gasteiger partial charge in [0.1, 0.15) is 11.5 Å². The molecule has 0 bridgehead atoms. The molecule has 3 nitrogen and oxygen atoms in total. The zero-order chi connectivity index (χ0) is 21.2. The van der Waals surface area contributed by atoms with Gasteiger partial charge >= 0.3 is 0 Å². The van der Waals surface area contributed by atoms with Gasteiger partial charge in [0.05, 0.1) is 19.8 Å². The second-order valence-electron chi connectivity index (χ2n) is 9.26. The zero-order valence-electron chi connectivity index (χ0n) is 18.6. The van der Waals surface area contributed by atoms with E-state index >= 15 is 0 Å². The molecule has 3 heteroatoms. The highest BCUT2D eigenvalue weighted by Crippen LogP contribution is 2.52. The Morgan fingerprint density at radius 3 is 2.17 bits per heavy atom. The molecular weight excluding hydrogens is 360 g/mol. The molecule has 0 saturated heterocycles. The predicted octanol–water partition coefficient (Wildman–Crippen LogP) is 5.76. The number of benzene rings is 2. The van der Waals surface area contributed by atoms with E-state index in [0.717, 1.165) is 41.0 Å². The average Bonchev–Trinajstić information content (AvgIpc) is 2.70. The number of aliphatic hydroxyl groups excluding tert-OH is 1. The van der Waals surface area contributed by atoms with E-state index in [1.807, 2.05) is 0 Å². The molecule has 0 spiro atoms. The molecule has 0 amide bonds. The molecule has 29 heavy (non-hydrogen) atoms. The quantitative estimate of drug-likeness (QED) is 0.633. The number of ether oxygens (including phenoxy) is 2. The minimum Gasteiger partial charge on any atom is -0.496 e. The summed E-state index contributed by atoms with van der Waals surface area (Å²) in [7, 11) is 3.48. The van der Waals surface area contributed by atoms with Crippen molar-refractivity contribution in [2.45, 2.75) is 57.8 Å². The third kappa shape index (κ3) is 4.20. The summed E-state index contributed by atoms with van der Waals surface area (Å²) in [6.45, 7) is 9.41. The second-order valence-corrected chi connectivity index (χ2v) is 9.26. The highest BCUT2D eigenvalue weighted by molar-refractivity contribution is 5.78. The highest BCUT2D eigenvalue weighted by atomic mass is 16.5. The predicted molar refractivity (Wildman–Crippen MR) is 121 cm³/mol. The van der Waals surface area contributed by atoms with Gasteiger partial charge in [-0.15, -0.1) is 0 Å². The molecule has 0 heterocycles. The Hall–Kier alpha value is -2.26. The van der Waals surface area contributed by atoms with Gasteiger partial charge in [-0.05, 0) is 58.9 Å². The van der Waals surface area contributed by atoms with Crippen LogP contribution in [0.25, 0.3) is 12.2 Å². The number of fused-ring (bicyclic) bond motifs is 1. The van der Waals surface area contributed by atoms with Crippen molar-refractivity contribution in [2.75, 3.05) is 20.8 Å². The summed E-state index contributed by atoms with van der Waals surface area (Å²) >= 11 is 0. The number of aliphatic hydroxyl groups is 1. The van der Waals surface area contributed by atoms with E-state index in [2.05, 4.69) is 70.2 Å². The van der Waals surface area contributed by atoms with Crippen molar-refractivity contribution in [3.8, 4) is 11.5 Å². The molecule has 0 fully saturated rings. The maximum absolute atomic E-state index is 9.09. The van der Waals surface area contributed by atoms with Crippen molar-refractivity contribution in [3.63, 3.8) is 0 Å². The molecule has 0 radical (unpaired) electrons. The molecule has 0 unspecified atom stereocenters. The van der Waals surface area contributed by atoms with Crippen LogP contribution in [-0.2, 0) is 17.3 Å². The minimum absolute atomic E-state index is 0.0526. The summed E-state index contributed by atoms with van der Waals surface area (Å²) in [6.07, 6.45) is 7.15. The largest absolute Gasteiger partial charge is 0.496 e. The lowest BCUT2D eigenvalue weighted by atomic mass is 9.62.